The first kappa shape index (κ1) is 15.5. The lowest BCUT2D eigenvalue weighted by Gasteiger charge is -2.36. The van der Waals surface area contributed by atoms with Crippen LogP contribution in [0.15, 0.2) is 0 Å². The summed E-state index contributed by atoms with van der Waals surface area (Å²) in [5.41, 5.74) is -0.431. The van der Waals surface area contributed by atoms with E-state index in [2.05, 4.69) is 9.47 Å². The van der Waals surface area contributed by atoms with Crippen molar-refractivity contribution in [2.24, 2.45) is 0 Å². The molecular formula is C13H21NO5. The summed E-state index contributed by atoms with van der Waals surface area (Å²) in [4.78, 5) is 35.9. The molecular weight excluding hydrogens is 250 g/mol. The number of ether oxygens (including phenoxy) is 2. The van der Waals surface area contributed by atoms with Gasteiger partial charge in [-0.1, -0.05) is 0 Å². The monoisotopic (exact) mass is 271 g/mol. The Morgan fingerprint density at radius 3 is 1.95 bits per heavy atom. The predicted molar refractivity (Wildman–Crippen MR) is 67.2 cm³/mol. The maximum Gasteiger partial charge on any atom is 0.305 e. The Labute approximate surface area is 113 Å². The molecule has 0 aromatic carbocycles. The Kier molecular flexibility index (Phi) is 5.32. The zero-order chi connectivity index (χ0) is 14.5. The van der Waals surface area contributed by atoms with Crippen LogP contribution < -0.4 is 0 Å². The Morgan fingerprint density at radius 1 is 1.16 bits per heavy atom. The first-order chi connectivity index (χ1) is 8.95. The summed E-state index contributed by atoms with van der Waals surface area (Å²) in [5, 5.41) is 0. The lowest BCUT2D eigenvalue weighted by molar-refractivity contribution is -0.143. The van der Waals surface area contributed by atoms with Gasteiger partial charge in [0.1, 0.15) is 0 Å². The van der Waals surface area contributed by atoms with E-state index >= 15 is 0 Å². The third-order valence-corrected chi connectivity index (χ3v) is 3.93. The quantitative estimate of drug-likeness (QED) is 0.671. The van der Waals surface area contributed by atoms with Crippen LogP contribution in [0.2, 0.25) is 0 Å². The maximum absolute atomic E-state index is 11.7. The lowest BCUT2D eigenvalue weighted by Crippen LogP contribution is -2.44. The van der Waals surface area contributed by atoms with Crippen LogP contribution in [-0.2, 0) is 23.9 Å². The van der Waals surface area contributed by atoms with E-state index in [1.54, 1.807) is 11.9 Å². The molecule has 0 aliphatic carbocycles. The van der Waals surface area contributed by atoms with E-state index in [0.29, 0.717) is 25.7 Å². The summed E-state index contributed by atoms with van der Waals surface area (Å²) in [6.45, 7) is 0. The van der Waals surface area contributed by atoms with Gasteiger partial charge in [-0.3, -0.25) is 14.4 Å². The van der Waals surface area contributed by atoms with E-state index < -0.39 is 5.54 Å². The van der Waals surface area contributed by atoms with Crippen molar-refractivity contribution in [2.75, 3.05) is 21.3 Å². The van der Waals surface area contributed by atoms with E-state index in [1.807, 2.05) is 0 Å². The highest BCUT2D eigenvalue weighted by Gasteiger charge is 2.43. The van der Waals surface area contributed by atoms with Gasteiger partial charge in [0.2, 0.25) is 5.91 Å². The van der Waals surface area contributed by atoms with Crippen molar-refractivity contribution in [1.29, 1.82) is 0 Å². The third kappa shape index (κ3) is 3.68. The zero-order valence-electron chi connectivity index (χ0n) is 11.7. The zero-order valence-corrected chi connectivity index (χ0v) is 11.7. The average molecular weight is 271 g/mol. The van der Waals surface area contributed by atoms with Gasteiger partial charge in [0.25, 0.3) is 0 Å². The third-order valence-electron chi connectivity index (χ3n) is 3.93. The number of amides is 1. The Bertz CT molecular complexity index is 346. The van der Waals surface area contributed by atoms with Gasteiger partial charge in [-0.15, -0.1) is 0 Å². The van der Waals surface area contributed by atoms with Crippen LogP contribution in [0.5, 0.6) is 0 Å². The minimum Gasteiger partial charge on any atom is -0.469 e. The minimum atomic E-state index is -0.431. The topological polar surface area (TPSA) is 72.9 Å². The number of methoxy groups -OCH3 is 2. The number of hydrogen-bond acceptors (Lipinski definition) is 5. The molecule has 0 spiro atoms. The van der Waals surface area contributed by atoms with Crippen molar-refractivity contribution in [1.82, 2.24) is 4.90 Å². The van der Waals surface area contributed by atoms with Crippen molar-refractivity contribution in [3.63, 3.8) is 0 Å². The van der Waals surface area contributed by atoms with Crippen LogP contribution in [0.25, 0.3) is 0 Å². The Balaban J connectivity index is 2.70. The summed E-state index contributed by atoms with van der Waals surface area (Å²) in [6, 6.07) is 0. The second-order valence-corrected chi connectivity index (χ2v) is 4.83. The van der Waals surface area contributed by atoms with Gasteiger partial charge in [0.15, 0.2) is 0 Å². The highest BCUT2D eigenvalue weighted by atomic mass is 16.5. The molecule has 0 aromatic rings. The molecule has 1 rings (SSSR count). The van der Waals surface area contributed by atoms with Crippen molar-refractivity contribution in [3.8, 4) is 0 Å². The Morgan fingerprint density at radius 2 is 1.63 bits per heavy atom. The number of rotatable bonds is 6. The SMILES string of the molecule is COC(=O)CCC1(CCC(=O)OC)CCC(=O)N1C. The number of esters is 2. The molecule has 1 amide bonds. The van der Waals surface area contributed by atoms with Crippen LogP contribution in [0.4, 0.5) is 0 Å². The van der Waals surface area contributed by atoms with E-state index in [1.165, 1.54) is 14.2 Å². The van der Waals surface area contributed by atoms with Crippen LogP contribution in [0.3, 0.4) is 0 Å². The second-order valence-electron chi connectivity index (χ2n) is 4.83. The first-order valence-electron chi connectivity index (χ1n) is 6.35. The number of carbonyl (C=O) groups excluding carboxylic acids is 3. The lowest BCUT2D eigenvalue weighted by atomic mass is 9.86. The van der Waals surface area contributed by atoms with Crippen LogP contribution >= 0.6 is 0 Å². The molecule has 6 heteroatoms. The number of hydrogen-bond donors (Lipinski definition) is 0. The standard InChI is InChI=1S/C13H21NO5/c1-14-10(15)4-7-13(14,8-5-11(16)18-2)9-6-12(17)19-3/h4-9H2,1-3H3. The van der Waals surface area contributed by atoms with Gasteiger partial charge in [-0.05, 0) is 19.3 Å². The van der Waals surface area contributed by atoms with Crippen LogP contribution in [0.1, 0.15) is 38.5 Å². The molecule has 1 aliphatic heterocycles. The molecule has 19 heavy (non-hydrogen) atoms. The highest BCUT2D eigenvalue weighted by molar-refractivity contribution is 5.80. The minimum absolute atomic E-state index is 0.0507. The van der Waals surface area contributed by atoms with Gasteiger partial charge in [-0.25, -0.2) is 0 Å². The molecule has 108 valence electrons. The molecule has 0 bridgehead atoms. The fourth-order valence-corrected chi connectivity index (χ4v) is 2.52. The fraction of sp³-hybridized carbons (Fsp3) is 0.769. The highest BCUT2D eigenvalue weighted by Crippen LogP contribution is 2.37. The van der Waals surface area contributed by atoms with Crippen molar-refractivity contribution in [3.05, 3.63) is 0 Å². The molecule has 1 fully saturated rings. The number of nitrogens with zero attached hydrogens (tertiary/aromatic N) is 1. The van der Waals surface area contributed by atoms with Crippen molar-refractivity contribution >= 4 is 17.8 Å². The molecule has 6 nitrogen and oxygen atoms in total. The molecule has 1 aliphatic rings. The molecule has 1 saturated heterocycles. The van der Waals surface area contributed by atoms with Gasteiger partial charge in [0, 0.05) is 31.8 Å². The van der Waals surface area contributed by atoms with Gasteiger partial charge >= 0.3 is 11.9 Å². The first-order valence-corrected chi connectivity index (χ1v) is 6.35. The van der Waals surface area contributed by atoms with E-state index in [9.17, 15) is 14.4 Å². The maximum atomic E-state index is 11.7. The predicted octanol–water partition coefficient (Wildman–Crippen LogP) is 0.884. The summed E-state index contributed by atoms with van der Waals surface area (Å²) < 4.78 is 9.26. The average Bonchev–Trinajstić information content (AvgIpc) is 2.71. The van der Waals surface area contributed by atoms with Crippen LogP contribution in [-0.4, -0.2) is 49.6 Å². The molecule has 0 N–H and O–H groups in total. The second kappa shape index (κ2) is 6.54. The number of carbonyl (C=O) groups is 3. The Hall–Kier alpha value is -1.59. The van der Waals surface area contributed by atoms with E-state index in [4.69, 9.17) is 0 Å². The molecule has 0 atom stereocenters. The molecule has 0 saturated carbocycles. The van der Waals surface area contributed by atoms with Crippen molar-refractivity contribution < 1.29 is 23.9 Å². The summed E-state index contributed by atoms with van der Waals surface area (Å²) in [6.07, 6.45) is 2.64. The van der Waals surface area contributed by atoms with E-state index in [0.717, 1.165) is 0 Å². The molecule has 1 heterocycles. The van der Waals surface area contributed by atoms with Crippen LogP contribution in [0, 0.1) is 0 Å². The number of likely N-dealkylation sites (tertiary alicyclic amines) is 1. The molecule has 0 radical (unpaired) electrons. The summed E-state index contributed by atoms with van der Waals surface area (Å²) in [7, 11) is 4.41. The van der Waals surface area contributed by atoms with Gasteiger partial charge in [-0.2, -0.15) is 0 Å². The van der Waals surface area contributed by atoms with Gasteiger partial charge in [0.05, 0.1) is 14.2 Å². The molecule has 0 aromatic heterocycles. The fourth-order valence-electron chi connectivity index (χ4n) is 2.52. The summed E-state index contributed by atoms with van der Waals surface area (Å²) in [5.74, 6) is -0.551. The smallest absolute Gasteiger partial charge is 0.305 e. The molecule has 0 unspecified atom stereocenters. The van der Waals surface area contributed by atoms with Gasteiger partial charge < -0.3 is 14.4 Å². The largest absolute Gasteiger partial charge is 0.469 e. The summed E-state index contributed by atoms with van der Waals surface area (Å²) >= 11 is 0. The van der Waals surface area contributed by atoms with E-state index in [-0.39, 0.29) is 30.7 Å². The van der Waals surface area contributed by atoms with Crippen molar-refractivity contribution in [2.45, 2.75) is 44.1 Å². The normalized spacial score (nSPS) is 17.4.